The summed E-state index contributed by atoms with van der Waals surface area (Å²) in [4.78, 5) is 4.25. The first kappa shape index (κ1) is 10.1. The molecule has 0 saturated heterocycles. The van der Waals surface area contributed by atoms with E-state index >= 15 is 0 Å². The quantitative estimate of drug-likeness (QED) is 0.774. The smallest absolute Gasteiger partial charge is 0.0959 e. The summed E-state index contributed by atoms with van der Waals surface area (Å²) >= 11 is 0. The van der Waals surface area contributed by atoms with Crippen molar-refractivity contribution in [2.45, 2.75) is 19.1 Å². The highest BCUT2D eigenvalue weighted by atomic mass is 16.3. The Morgan fingerprint density at radius 1 is 1.40 bits per heavy atom. The topological polar surface area (TPSA) is 64.1 Å². The Morgan fingerprint density at radius 3 is 3.00 bits per heavy atom. The molecule has 2 aromatic rings. The zero-order valence-corrected chi connectivity index (χ0v) is 8.50. The molecule has 0 fully saturated rings. The zero-order valence-electron chi connectivity index (χ0n) is 8.50. The summed E-state index contributed by atoms with van der Waals surface area (Å²) in [5, 5.41) is 9.65. The molecule has 0 saturated carbocycles. The highest BCUT2D eigenvalue weighted by molar-refractivity contribution is 5.74. The van der Waals surface area contributed by atoms with Crippen molar-refractivity contribution in [2.24, 2.45) is 5.73 Å². The number of imidazole rings is 1. The van der Waals surface area contributed by atoms with Crippen molar-refractivity contribution in [3.05, 3.63) is 30.6 Å². The average molecular weight is 205 g/mol. The molecule has 0 spiro atoms. The Labute approximate surface area is 88.3 Å². The second-order valence-corrected chi connectivity index (χ2v) is 3.62. The van der Waals surface area contributed by atoms with Crippen LogP contribution in [0.5, 0.6) is 0 Å². The number of hydrogen-bond donors (Lipinski definition) is 2. The molecule has 4 nitrogen and oxygen atoms in total. The number of fused-ring (bicyclic) bond motifs is 1. The van der Waals surface area contributed by atoms with E-state index in [2.05, 4.69) is 4.98 Å². The van der Waals surface area contributed by atoms with Gasteiger partial charge in [0.15, 0.2) is 0 Å². The zero-order chi connectivity index (χ0) is 10.7. The molecular formula is C11H15N3O. The van der Waals surface area contributed by atoms with Crippen molar-refractivity contribution in [2.75, 3.05) is 6.54 Å². The van der Waals surface area contributed by atoms with Crippen molar-refractivity contribution in [3.63, 3.8) is 0 Å². The normalized spacial score (nSPS) is 13.2. The van der Waals surface area contributed by atoms with E-state index in [1.807, 2.05) is 28.8 Å². The third kappa shape index (κ3) is 2.16. The number of benzene rings is 1. The molecule has 1 atom stereocenters. The molecule has 1 unspecified atom stereocenters. The number of nitrogens with two attached hydrogens (primary N) is 1. The van der Waals surface area contributed by atoms with Crippen molar-refractivity contribution >= 4 is 11.0 Å². The van der Waals surface area contributed by atoms with Gasteiger partial charge < -0.3 is 15.4 Å². The fourth-order valence-corrected chi connectivity index (χ4v) is 1.67. The number of aliphatic hydroxyl groups excluding tert-OH is 1. The van der Waals surface area contributed by atoms with E-state index in [-0.39, 0.29) is 0 Å². The molecule has 4 heteroatoms. The van der Waals surface area contributed by atoms with Gasteiger partial charge in [0, 0.05) is 0 Å². The van der Waals surface area contributed by atoms with Crippen LogP contribution in [0.4, 0.5) is 0 Å². The summed E-state index contributed by atoms with van der Waals surface area (Å²) in [5.41, 5.74) is 7.39. The minimum atomic E-state index is -0.396. The highest BCUT2D eigenvalue weighted by Gasteiger charge is 2.06. The Kier molecular flexibility index (Phi) is 2.99. The van der Waals surface area contributed by atoms with Gasteiger partial charge in [0.25, 0.3) is 0 Å². The van der Waals surface area contributed by atoms with Crippen LogP contribution in [0.15, 0.2) is 30.6 Å². The largest absolute Gasteiger partial charge is 0.391 e. The van der Waals surface area contributed by atoms with E-state index in [9.17, 15) is 5.11 Å². The van der Waals surface area contributed by atoms with Crippen LogP contribution in [0.25, 0.3) is 11.0 Å². The maximum absolute atomic E-state index is 9.65. The Morgan fingerprint density at radius 2 is 2.20 bits per heavy atom. The summed E-state index contributed by atoms with van der Waals surface area (Å²) in [5.74, 6) is 0. The fourth-order valence-electron chi connectivity index (χ4n) is 1.67. The van der Waals surface area contributed by atoms with Gasteiger partial charge in [0.05, 0.1) is 30.0 Å². The van der Waals surface area contributed by atoms with Crippen LogP contribution < -0.4 is 5.73 Å². The lowest BCUT2D eigenvalue weighted by Gasteiger charge is -2.10. The predicted molar refractivity (Wildman–Crippen MR) is 59.4 cm³/mol. The SMILES string of the molecule is NCCC(O)Cn1cnc2ccccc21. The highest BCUT2D eigenvalue weighted by Crippen LogP contribution is 2.12. The lowest BCUT2D eigenvalue weighted by atomic mass is 10.2. The van der Waals surface area contributed by atoms with Crippen molar-refractivity contribution in [1.82, 2.24) is 9.55 Å². The molecule has 0 radical (unpaired) electrons. The number of aliphatic hydroxyl groups is 1. The number of para-hydroxylation sites is 2. The molecule has 15 heavy (non-hydrogen) atoms. The van der Waals surface area contributed by atoms with Crippen LogP contribution in [0.1, 0.15) is 6.42 Å². The Balaban J connectivity index is 2.21. The first-order chi connectivity index (χ1) is 7.31. The maximum atomic E-state index is 9.65. The molecular weight excluding hydrogens is 190 g/mol. The van der Waals surface area contributed by atoms with Gasteiger partial charge in [-0.25, -0.2) is 4.98 Å². The van der Waals surface area contributed by atoms with Crippen LogP contribution in [0, 0.1) is 0 Å². The Hall–Kier alpha value is -1.39. The first-order valence-corrected chi connectivity index (χ1v) is 5.09. The van der Waals surface area contributed by atoms with Gasteiger partial charge in [-0.05, 0) is 25.1 Å². The van der Waals surface area contributed by atoms with Gasteiger partial charge in [-0.15, -0.1) is 0 Å². The molecule has 1 aromatic heterocycles. The van der Waals surface area contributed by atoms with Gasteiger partial charge in [-0.1, -0.05) is 12.1 Å². The number of rotatable bonds is 4. The van der Waals surface area contributed by atoms with Gasteiger partial charge in [0.1, 0.15) is 0 Å². The summed E-state index contributed by atoms with van der Waals surface area (Å²) in [6, 6.07) is 7.88. The molecule has 0 amide bonds. The second kappa shape index (κ2) is 4.42. The van der Waals surface area contributed by atoms with Gasteiger partial charge >= 0.3 is 0 Å². The van der Waals surface area contributed by atoms with E-state index in [0.29, 0.717) is 19.5 Å². The minimum absolute atomic E-state index is 0.396. The molecule has 2 rings (SSSR count). The van der Waals surface area contributed by atoms with Crippen molar-refractivity contribution in [3.8, 4) is 0 Å². The summed E-state index contributed by atoms with van der Waals surface area (Å²) in [7, 11) is 0. The van der Waals surface area contributed by atoms with Gasteiger partial charge in [0.2, 0.25) is 0 Å². The third-order valence-corrected chi connectivity index (χ3v) is 2.43. The molecule has 1 aromatic carbocycles. The molecule has 0 bridgehead atoms. The van der Waals surface area contributed by atoms with Crippen LogP contribution in [-0.4, -0.2) is 27.3 Å². The molecule has 0 aliphatic carbocycles. The number of aromatic nitrogens is 2. The van der Waals surface area contributed by atoms with Crippen LogP contribution >= 0.6 is 0 Å². The average Bonchev–Trinajstić information content (AvgIpc) is 2.62. The molecule has 0 aliphatic heterocycles. The summed E-state index contributed by atoms with van der Waals surface area (Å²) < 4.78 is 1.95. The molecule has 3 N–H and O–H groups in total. The lowest BCUT2D eigenvalue weighted by Crippen LogP contribution is -2.19. The maximum Gasteiger partial charge on any atom is 0.0959 e. The monoisotopic (exact) mass is 205 g/mol. The third-order valence-electron chi connectivity index (χ3n) is 2.43. The van der Waals surface area contributed by atoms with Crippen LogP contribution in [0.2, 0.25) is 0 Å². The number of hydrogen-bond acceptors (Lipinski definition) is 3. The first-order valence-electron chi connectivity index (χ1n) is 5.09. The van der Waals surface area contributed by atoms with Crippen molar-refractivity contribution < 1.29 is 5.11 Å². The van der Waals surface area contributed by atoms with Crippen molar-refractivity contribution in [1.29, 1.82) is 0 Å². The number of nitrogens with zero attached hydrogens (tertiary/aromatic N) is 2. The minimum Gasteiger partial charge on any atom is -0.391 e. The van der Waals surface area contributed by atoms with E-state index in [4.69, 9.17) is 5.73 Å². The van der Waals surface area contributed by atoms with Crippen LogP contribution in [-0.2, 0) is 6.54 Å². The predicted octanol–water partition coefficient (Wildman–Crippen LogP) is 0.746. The molecule has 80 valence electrons. The van der Waals surface area contributed by atoms with E-state index in [1.54, 1.807) is 6.33 Å². The lowest BCUT2D eigenvalue weighted by molar-refractivity contribution is 0.148. The van der Waals surface area contributed by atoms with E-state index in [0.717, 1.165) is 11.0 Å². The van der Waals surface area contributed by atoms with E-state index in [1.165, 1.54) is 0 Å². The Bertz CT molecular complexity index is 438. The molecule has 0 aliphatic rings. The summed E-state index contributed by atoms with van der Waals surface area (Å²) in [6.45, 7) is 1.06. The van der Waals surface area contributed by atoms with Crippen LogP contribution in [0.3, 0.4) is 0 Å². The standard InChI is InChI=1S/C11H15N3O/c12-6-5-9(15)7-14-8-13-10-3-1-2-4-11(10)14/h1-4,8-9,15H,5-7,12H2. The second-order valence-electron chi connectivity index (χ2n) is 3.62. The summed E-state index contributed by atoms with van der Waals surface area (Å²) in [6.07, 6.45) is 1.98. The van der Waals surface area contributed by atoms with Gasteiger partial charge in [-0.2, -0.15) is 0 Å². The van der Waals surface area contributed by atoms with Gasteiger partial charge in [-0.3, -0.25) is 0 Å². The fraction of sp³-hybridized carbons (Fsp3) is 0.364. The molecule has 1 heterocycles. The van der Waals surface area contributed by atoms with E-state index < -0.39 is 6.10 Å².